The fourth-order valence-corrected chi connectivity index (χ4v) is 10.3. The SMILES string of the molecule is CC(C)(C)c1cc(-c2ccc3c(c2)c2cc(-c4cc(C(C)(C)C)cc(C(C)(C)C)c4)ccc2n3-c2nc(-c3ccccc3)nc(-c3ccccc3-n3c4ccccc4c4ccccc43)n2)cc(C(C)(C)C)c1. The second-order valence-electron chi connectivity index (χ2n) is 23.9. The molecule has 11 rings (SSSR count). The van der Waals surface area contributed by atoms with Crippen molar-refractivity contribution in [3.63, 3.8) is 0 Å². The van der Waals surface area contributed by atoms with Gasteiger partial charge < -0.3 is 4.57 Å². The highest BCUT2D eigenvalue weighted by atomic mass is 15.2. The molecule has 0 fully saturated rings. The van der Waals surface area contributed by atoms with Crippen LogP contribution in [0.25, 0.3) is 100 Å². The Bertz CT molecular complexity index is 3640. The minimum absolute atomic E-state index is 0.0223. The van der Waals surface area contributed by atoms with Gasteiger partial charge in [0.15, 0.2) is 11.6 Å². The Morgan fingerprint density at radius 3 is 1.17 bits per heavy atom. The van der Waals surface area contributed by atoms with Crippen LogP contribution in [0.1, 0.15) is 105 Å². The van der Waals surface area contributed by atoms with Gasteiger partial charge in [0.1, 0.15) is 0 Å². The molecule has 0 saturated carbocycles. The van der Waals surface area contributed by atoms with E-state index < -0.39 is 0 Å². The molecular weight excluding hydrogens is 875 g/mol. The zero-order valence-electron chi connectivity index (χ0n) is 44.0. The van der Waals surface area contributed by atoms with E-state index in [0.717, 1.165) is 49.7 Å². The molecule has 0 amide bonds. The molecule has 3 heterocycles. The Hall–Kier alpha value is -7.63. The highest BCUT2D eigenvalue weighted by molar-refractivity contribution is 6.12. The van der Waals surface area contributed by atoms with Gasteiger partial charge in [0.2, 0.25) is 5.95 Å². The molecule has 8 aromatic carbocycles. The minimum Gasteiger partial charge on any atom is -0.309 e. The van der Waals surface area contributed by atoms with Crippen molar-refractivity contribution in [2.75, 3.05) is 0 Å². The molecule has 0 atom stereocenters. The van der Waals surface area contributed by atoms with Gasteiger partial charge in [-0.2, -0.15) is 9.97 Å². The lowest BCUT2D eigenvalue weighted by Crippen LogP contribution is -2.16. The van der Waals surface area contributed by atoms with E-state index in [0.29, 0.717) is 17.6 Å². The second-order valence-corrected chi connectivity index (χ2v) is 23.9. The summed E-state index contributed by atoms with van der Waals surface area (Å²) in [6.45, 7) is 27.7. The van der Waals surface area contributed by atoms with Crippen LogP contribution in [0.4, 0.5) is 0 Å². The molecule has 11 aromatic rings. The van der Waals surface area contributed by atoms with Crippen molar-refractivity contribution in [2.45, 2.75) is 105 Å². The molecule has 72 heavy (non-hydrogen) atoms. The van der Waals surface area contributed by atoms with Crippen LogP contribution in [0.2, 0.25) is 0 Å². The zero-order valence-corrected chi connectivity index (χ0v) is 44.0. The molecule has 0 radical (unpaired) electrons. The van der Waals surface area contributed by atoms with Crippen molar-refractivity contribution in [3.05, 3.63) is 198 Å². The molecule has 0 N–H and O–H groups in total. The fraction of sp³-hybridized carbons (Fsp3) is 0.239. The minimum atomic E-state index is -0.0223. The van der Waals surface area contributed by atoms with E-state index in [1.807, 2.05) is 18.2 Å². The van der Waals surface area contributed by atoms with Crippen molar-refractivity contribution < 1.29 is 0 Å². The number of hydrogen-bond acceptors (Lipinski definition) is 3. The van der Waals surface area contributed by atoms with Crippen LogP contribution >= 0.6 is 0 Å². The van der Waals surface area contributed by atoms with Crippen LogP contribution in [0.5, 0.6) is 0 Å². The van der Waals surface area contributed by atoms with Crippen molar-refractivity contribution in [3.8, 4) is 56.7 Å². The lowest BCUT2D eigenvalue weighted by atomic mass is 9.78. The van der Waals surface area contributed by atoms with Gasteiger partial charge in [-0.05, 0) is 115 Å². The van der Waals surface area contributed by atoms with E-state index in [1.54, 1.807) is 0 Å². The van der Waals surface area contributed by atoms with Crippen LogP contribution in [-0.4, -0.2) is 24.1 Å². The number of benzene rings is 8. The molecule has 0 aliphatic heterocycles. The van der Waals surface area contributed by atoms with E-state index in [4.69, 9.17) is 15.0 Å². The van der Waals surface area contributed by atoms with Crippen LogP contribution in [0.15, 0.2) is 176 Å². The molecule has 0 saturated heterocycles. The average Bonchev–Trinajstić information content (AvgIpc) is 3.87. The van der Waals surface area contributed by atoms with Gasteiger partial charge in [-0.15, -0.1) is 0 Å². The first kappa shape index (κ1) is 46.7. The normalized spacial score (nSPS) is 12.7. The Balaban J connectivity index is 1.20. The molecule has 5 nitrogen and oxygen atoms in total. The standard InChI is InChI=1S/C67H65N5/c1-64(2,3)47-34-45(35-48(40-47)65(4,5)6)43-30-32-59-54(38-43)55-39-44(46-36-49(66(7,8)9)41-50(37-46)67(10,11)12)31-33-60(55)72(59)63-69-61(42-22-14-13-15-23-42)68-62(70-63)53-26-18-21-29-58(53)71-56-27-19-16-24-51(56)52-25-17-20-28-57(52)71/h13-41H,1-12H3. The Kier molecular flexibility index (Phi) is 11.0. The zero-order chi connectivity index (χ0) is 50.5. The molecule has 0 bridgehead atoms. The summed E-state index contributed by atoms with van der Waals surface area (Å²) in [6.07, 6.45) is 0. The fourth-order valence-electron chi connectivity index (χ4n) is 10.3. The summed E-state index contributed by atoms with van der Waals surface area (Å²) in [5, 5.41) is 4.68. The summed E-state index contributed by atoms with van der Waals surface area (Å²) < 4.78 is 4.62. The van der Waals surface area contributed by atoms with Gasteiger partial charge in [-0.1, -0.05) is 210 Å². The molecule has 0 spiro atoms. The summed E-state index contributed by atoms with van der Waals surface area (Å²) in [6, 6.07) is 64.4. The number of rotatable bonds is 6. The molecule has 0 aliphatic carbocycles. The van der Waals surface area contributed by atoms with Gasteiger partial charge >= 0.3 is 0 Å². The molecule has 358 valence electrons. The lowest BCUT2D eigenvalue weighted by molar-refractivity contribution is 0.568. The number of aromatic nitrogens is 5. The van der Waals surface area contributed by atoms with Gasteiger partial charge in [0, 0.05) is 32.7 Å². The maximum absolute atomic E-state index is 5.55. The van der Waals surface area contributed by atoms with Gasteiger partial charge in [0.05, 0.1) is 27.8 Å². The highest BCUT2D eigenvalue weighted by Gasteiger charge is 2.26. The lowest BCUT2D eigenvalue weighted by Gasteiger charge is -2.26. The highest BCUT2D eigenvalue weighted by Crippen LogP contribution is 2.42. The third kappa shape index (κ3) is 8.39. The molecule has 3 aromatic heterocycles. The Morgan fingerprint density at radius 2 is 0.694 bits per heavy atom. The summed E-state index contributed by atoms with van der Waals surface area (Å²) >= 11 is 0. The molecular formula is C67H65N5. The third-order valence-electron chi connectivity index (χ3n) is 14.6. The maximum Gasteiger partial charge on any atom is 0.238 e. The van der Waals surface area contributed by atoms with E-state index in [9.17, 15) is 0 Å². The van der Waals surface area contributed by atoms with Crippen molar-refractivity contribution in [1.29, 1.82) is 0 Å². The molecule has 0 aliphatic rings. The topological polar surface area (TPSA) is 48.5 Å². The third-order valence-corrected chi connectivity index (χ3v) is 14.6. The van der Waals surface area contributed by atoms with Crippen LogP contribution < -0.4 is 0 Å². The Morgan fingerprint density at radius 1 is 0.292 bits per heavy atom. The Labute approximate surface area is 425 Å². The predicted molar refractivity (Wildman–Crippen MR) is 305 cm³/mol. The van der Waals surface area contributed by atoms with Gasteiger partial charge in [0.25, 0.3) is 0 Å². The summed E-state index contributed by atoms with van der Waals surface area (Å²) in [4.78, 5) is 16.3. The average molecular weight is 940 g/mol. The number of fused-ring (bicyclic) bond motifs is 6. The van der Waals surface area contributed by atoms with Crippen molar-refractivity contribution >= 4 is 43.6 Å². The summed E-state index contributed by atoms with van der Waals surface area (Å²) in [5.41, 5.74) is 17.2. The molecule has 5 heteroatoms. The number of nitrogens with zero attached hydrogens (tertiary/aromatic N) is 5. The predicted octanol–water partition coefficient (Wildman–Crippen LogP) is 17.9. The van der Waals surface area contributed by atoms with Crippen molar-refractivity contribution in [1.82, 2.24) is 24.1 Å². The van der Waals surface area contributed by atoms with E-state index in [-0.39, 0.29) is 21.7 Å². The van der Waals surface area contributed by atoms with Crippen LogP contribution in [0.3, 0.4) is 0 Å². The monoisotopic (exact) mass is 940 g/mol. The number of hydrogen-bond donors (Lipinski definition) is 0. The first-order chi connectivity index (χ1) is 34.2. The quantitative estimate of drug-likeness (QED) is 0.167. The first-order valence-corrected chi connectivity index (χ1v) is 25.5. The van der Waals surface area contributed by atoms with Crippen LogP contribution in [0, 0.1) is 0 Å². The smallest absolute Gasteiger partial charge is 0.238 e. The van der Waals surface area contributed by atoms with E-state index in [1.165, 1.54) is 55.3 Å². The summed E-state index contributed by atoms with van der Waals surface area (Å²) in [5.74, 6) is 1.77. The first-order valence-electron chi connectivity index (χ1n) is 25.5. The van der Waals surface area contributed by atoms with Gasteiger partial charge in [-0.3, -0.25) is 4.57 Å². The largest absolute Gasteiger partial charge is 0.309 e. The van der Waals surface area contributed by atoms with Crippen molar-refractivity contribution in [2.24, 2.45) is 0 Å². The number of para-hydroxylation sites is 3. The second kappa shape index (κ2) is 17.0. The maximum atomic E-state index is 5.55. The molecule has 0 unspecified atom stereocenters. The van der Waals surface area contributed by atoms with E-state index >= 15 is 0 Å². The van der Waals surface area contributed by atoms with E-state index in [2.05, 4.69) is 250 Å². The van der Waals surface area contributed by atoms with Gasteiger partial charge in [-0.25, -0.2) is 4.98 Å². The van der Waals surface area contributed by atoms with Crippen LogP contribution in [-0.2, 0) is 21.7 Å². The summed E-state index contributed by atoms with van der Waals surface area (Å²) in [7, 11) is 0.